The zero-order chi connectivity index (χ0) is 12.0. The lowest BCUT2D eigenvalue weighted by Crippen LogP contribution is -2.35. The minimum Gasteiger partial charge on any atom is -0.383 e. The maximum absolute atomic E-state index is 11.6. The van der Waals surface area contributed by atoms with Crippen LogP contribution in [0.5, 0.6) is 0 Å². The lowest BCUT2D eigenvalue weighted by molar-refractivity contribution is -0.122. The summed E-state index contributed by atoms with van der Waals surface area (Å²) in [6, 6.07) is 7.01. The molecule has 1 rings (SSSR count). The normalized spacial score (nSPS) is 12.2. The van der Waals surface area contributed by atoms with Crippen molar-refractivity contribution in [2.45, 2.75) is 13.0 Å². The van der Waals surface area contributed by atoms with Gasteiger partial charge in [0.15, 0.2) is 0 Å². The van der Waals surface area contributed by atoms with Gasteiger partial charge in [0, 0.05) is 13.7 Å². The van der Waals surface area contributed by atoms with E-state index in [0.717, 1.165) is 11.1 Å². The number of hydrogen-bond donors (Lipinski definition) is 2. The molecule has 0 spiro atoms. The monoisotopic (exact) mass is 222 g/mol. The predicted molar refractivity (Wildman–Crippen MR) is 63.0 cm³/mol. The van der Waals surface area contributed by atoms with Crippen LogP contribution >= 0.6 is 0 Å². The van der Waals surface area contributed by atoms with Gasteiger partial charge in [-0.1, -0.05) is 29.8 Å². The van der Waals surface area contributed by atoms with Crippen molar-refractivity contribution in [3.8, 4) is 0 Å². The molecule has 0 bridgehead atoms. The smallest absolute Gasteiger partial charge is 0.241 e. The molecule has 0 radical (unpaired) electrons. The van der Waals surface area contributed by atoms with Gasteiger partial charge in [-0.05, 0) is 12.5 Å². The van der Waals surface area contributed by atoms with E-state index in [1.165, 1.54) is 0 Å². The van der Waals surface area contributed by atoms with Crippen LogP contribution in [0.4, 0.5) is 0 Å². The number of aryl methyl sites for hydroxylation is 1. The third-order valence-electron chi connectivity index (χ3n) is 2.32. The number of ether oxygens (including phenoxy) is 1. The molecular formula is C12H18N2O2. The first-order valence-corrected chi connectivity index (χ1v) is 5.24. The fourth-order valence-corrected chi connectivity index (χ4v) is 1.31. The molecule has 1 aromatic carbocycles. The van der Waals surface area contributed by atoms with Crippen LogP contribution in [-0.4, -0.2) is 26.2 Å². The Morgan fingerprint density at radius 2 is 2.06 bits per heavy atom. The molecule has 0 fully saturated rings. The molecule has 1 amide bonds. The molecule has 0 aliphatic carbocycles. The molecule has 0 saturated carbocycles. The molecule has 1 aromatic rings. The van der Waals surface area contributed by atoms with Gasteiger partial charge in [0.25, 0.3) is 0 Å². The summed E-state index contributed by atoms with van der Waals surface area (Å²) in [5.41, 5.74) is 7.79. The third-order valence-corrected chi connectivity index (χ3v) is 2.32. The average molecular weight is 222 g/mol. The van der Waals surface area contributed by atoms with E-state index in [0.29, 0.717) is 13.2 Å². The maximum Gasteiger partial charge on any atom is 0.241 e. The molecule has 3 N–H and O–H groups in total. The van der Waals surface area contributed by atoms with E-state index in [1.54, 1.807) is 7.11 Å². The van der Waals surface area contributed by atoms with Crippen LogP contribution in [0.2, 0.25) is 0 Å². The predicted octanol–water partition coefficient (Wildman–Crippen LogP) is 0.757. The second-order valence-corrected chi connectivity index (χ2v) is 3.67. The van der Waals surface area contributed by atoms with E-state index < -0.39 is 6.04 Å². The van der Waals surface area contributed by atoms with Gasteiger partial charge < -0.3 is 15.8 Å². The van der Waals surface area contributed by atoms with Crippen LogP contribution in [-0.2, 0) is 9.53 Å². The van der Waals surface area contributed by atoms with Crippen molar-refractivity contribution in [1.29, 1.82) is 0 Å². The minimum absolute atomic E-state index is 0.180. The van der Waals surface area contributed by atoms with Crippen LogP contribution in [0.15, 0.2) is 24.3 Å². The largest absolute Gasteiger partial charge is 0.383 e. The number of amides is 1. The number of carbonyl (C=O) groups is 1. The number of nitrogens with one attached hydrogen (secondary N) is 1. The summed E-state index contributed by atoms with van der Waals surface area (Å²) >= 11 is 0. The Morgan fingerprint density at radius 3 is 2.62 bits per heavy atom. The molecular weight excluding hydrogens is 204 g/mol. The fraction of sp³-hybridized carbons (Fsp3) is 0.417. The maximum atomic E-state index is 11.6. The van der Waals surface area contributed by atoms with Gasteiger partial charge in [0.1, 0.15) is 6.04 Å². The molecule has 1 unspecified atom stereocenters. The Labute approximate surface area is 95.8 Å². The number of benzene rings is 1. The van der Waals surface area contributed by atoms with Crippen LogP contribution in [0.3, 0.4) is 0 Å². The molecule has 4 heteroatoms. The van der Waals surface area contributed by atoms with Crippen molar-refractivity contribution in [1.82, 2.24) is 5.32 Å². The highest BCUT2D eigenvalue weighted by molar-refractivity contribution is 5.82. The molecule has 0 aliphatic heterocycles. The number of carbonyl (C=O) groups excluding carboxylic acids is 1. The van der Waals surface area contributed by atoms with Crippen molar-refractivity contribution < 1.29 is 9.53 Å². The molecule has 0 heterocycles. The molecule has 88 valence electrons. The van der Waals surface area contributed by atoms with Crippen molar-refractivity contribution in [3.05, 3.63) is 35.4 Å². The summed E-state index contributed by atoms with van der Waals surface area (Å²) in [5, 5.41) is 2.71. The first kappa shape index (κ1) is 12.7. The summed E-state index contributed by atoms with van der Waals surface area (Å²) in [6.07, 6.45) is 0. The number of rotatable bonds is 5. The first-order valence-electron chi connectivity index (χ1n) is 5.24. The Bertz CT molecular complexity index is 335. The van der Waals surface area contributed by atoms with E-state index >= 15 is 0 Å². The summed E-state index contributed by atoms with van der Waals surface area (Å²) in [5.74, 6) is -0.180. The van der Waals surface area contributed by atoms with Gasteiger partial charge in [0.05, 0.1) is 6.61 Å². The van der Waals surface area contributed by atoms with Gasteiger partial charge in [0.2, 0.25) is 5.91 Å². The van der Waals surface area contributed by atoms with E-state index in [1.807, 2.05) is 31.2 Å². The Balaban J connectivity index is 2.53. The van der Waals surface area contributed by atoms with Crippen LogP contribution in [0, 0.1) is 6.92 Å². The van der Waals surface area contributed by atoms with Crippen molar-refractivity contribution in [2.24, 2.45) is 5.73 Å². The van der Waals surface area contributed by atoms with E-state index in [-0.39, 0.29) is 5.91 Å². The zero-order valence-electron chi connectivity index (χ0n) is 9.69. The lowest BCUT2D eigenvalue weighted by Gasteiger charge is -2.12. The third kappa shape index (κ3) is 3.64. The summed E-state index contributed by atoms with van der Waals surface area (Å²) in [6.45, 7) is 2.97. The fourth-order valence-electron chi connectivity index (χ4n) is 1.31. The molecule has 4 nitrogen and oxygen atoms in total. The second-order valence-electron chi connectivity index (χ2n) is 3.67. The van der Waals surface area contributed by atoms with Gasteiger partial charge in [-0.25, -0.2) is 0 Å². The van der Waals surface area contributed by atoms with Crippen molar-refractivity contribution in [2.75, 3.05) is 20.3 Å². The number of hydrogen-bond acceptors (Lipinski definition) is 3. The topological polar surface area (TPSA) is 64.3 Å². The molecule has 16 heavy (non-hydrogen) atoms. The molecule has 1 atom stereocenters. The van der Waals surface area contributed by atoms with Crippen molar-refractivity contribution >= 4 is 5.91 Å². The molecule has 0 aliphatic rings. The average Bonchev–Trinajstić information content (AvgIpc) is 2.29. The van der Waals surface area contributed by atoms with E-state index in [2.05, 4.69) is 5.32 Å². The SMILES string of the molecule is COCCNC(=O)C(N)c1ccc(C)cc1. The Kier molecular flexibility index (Phi) is 4.95. The lowest BCUT2D eigenvalue weighted by atomic mass is 10.1. The quantitative estimate of drug-likeness (QED) is 0.723. The van der Waals surface area contributed by atoms with Crippen LogP contribution in [0.25, 0.3) is 0 Å². The van der Waals surface area contributed by atoms with Crippen LogP contribution in [0.1, 0.15) is 17.2 Å². The van der Waals surface area contributed by atoms with Gasteiger partial charge in [-0.15, -0.1) is 0 Å². The number of methoxy groups -OCH3 is 1. The zero-order valence-corrected chi connectivity index (χ0v) is 9.69. The summed E-state index contributed by atoms with van der Waals surface area (Å²) in [4.78, 5) is 11.6. The standard InChI is InChI=1S/C12H18N2O2/c1-9-3-5-10(6-4-9)11(13)12(15)14-7-8-16-2/h3-6,11H,7-8,13H2,1-2H3,(H,14,15). The minimum atomic E-state index is -0.613. The summed E-state index contributed by atoms with van der Waals surface area (Å²) in [7, 11) is 1.59. The van der Waals surface area contributed by atoms with Gasteiger partial charge >= 0.3 is 0 Å². The Hall–Kier alpha value is -1.39. The highest BCUT2D eigenvalue weighted by Crippen LogP contribution is 2.11. The summed E-state index contributed by atoms with van der Waals surface area (Å²) < 4.78 is 4.84. The van der Waals surface area contributed by atoms with Gasteiger partial charge in [-0.2, -0.15) is 0 Å². The van der Waals surface area contributed by atoms with Crippen LogP contribution < -0.4 is 11.1 Å². The molecule has 0 aromatic heterocycles. The highest BCUT2D eigenvalue weighted by Gasteiger charge is 2.14. The van der Waals surface area contributed by atoms with E-state index in [4.69, 9.17) is 10.5 Å². The van der Waals surface area contributed by atoms with E-state index in [9.17, 15) is 4.79 Å². The second kappa shape index (κ2) is 6.25. The Morgan fingerprint density at radius 1 is 1.44 bits per heavy atom. The first-order chi connectivity index (χ1) is 7.65. The van der Waals surface area contributed by atoms with Gasteiger partial charge in [-0.3, -0.25) is 4.79 Å². The highest BCUT2D eigenvalue weighted by atomic mass is 16.5. The van der Waals surface area contributed by atoms with Crippen molar-refractivity contribution in [3.63, 3.8) is 0 Å². The molecule has 0 saturated heterocycles. The number of nitrogens with two attached hydrogens (primary N) is 1.